The Morgan fingerprint density at radius 1 is 1.00 bits per heavy atom. The van der Waals surface area contributed by atoms with Gasteiger partial charge in [-0.25, -0.2) is 4.98 Å². The highest BCUT2D eigenvalue weighted by Crippen LogP contribution is 2.23. The van der Waals surface area contributed by atoms with Gasteiger partial charge in [0.25, 0.3) is 0 Å². The number of piperidine rings is 1. The number of aromatic nitrogens is 1. The largest absolute Gasteiger partial charge is 0.325 e. The third-order valence-electron chi connectivity index (χ3n) is 5.66. The topological polar surface area (TPSA) is 74.3 Å². The van der Waals surface area contributed by atoms with E-state index in [1.54, 1.807) is 12.1 Å². The van der Waals surface area contributed by atoms with Crippen LogP contribution in [0.25, 0.3) is 10.8 Å². The van der Waals surface area contributed by atoms with Crippen LogP contribution < -0.4 is 10.6 Å². The first-order valence-corrected chi connectivity index (χ1v) is 10.9. The van der Waals surface area contributed by atoms with Crippen molar-refractivity contribution >= 4 is 45.7 Å². The van der Waals surface area contributed by atoms with Crippen molar-refractivity contribution in [2.45, 2.75) is 19.3 Å². The maximum Gasteiger partial charge on any atom is 0.228 e. The number of amides is 2. The molecule has 1 aliphatic rings. The Morgan fingerprint density at radius 2 is 1.77 bits per heavy atom. The van der Waals surface area contributed by atoms with Crippen LogP contribution in [0.1, 0.15) is 19.3 Å². The van der Waals surface area contributed by atoms with Crippen LogP contribution in [-0.2, 0) is 9.59 Å². The average molecular weight is 437 g/mol. The zero-order chi connectivity index (χ0) is 21.6. The predicted molar refractivity (Wildman–Crippen MR) is 124 cm³/mol. The molecule has 3 aromatic rings. The van der Waals surface area contributed by atoms with Crippen molar-refractivity contribution in [1.82, 2.24) is 9.88 Å². The summed E-state index contributed by atoms with van der Waals surface area (Å²) in [6.45, 7) is 2.28. The van der Waals surface area contributed by atoms with E-state index < -0.39 is 0 Å². The molecule has 6 nitrogen and oxygen atoms in total. The van der Waals surface area contributed by atoms with Gasteiger partial charge < -0.3 is 15.5 Å². The Hall–Kier alpha value is -2.96. The van der Waals surface area contributed by atoms with Crippen LogP contribution >= 0.6 is 11.6 Å². The average Bonchev–Trinajstić information content (AvgIpc) is 2.80. The zero-order valence-electron chi connectivity index (χ0n) is 17.2. The number of carbonyl (C=O) groups is 2. The number of nitrogens with one attached hydrogen (secondary N) is 2. The van der Waals surface area contributed by atoms with Crippen molar-refractivity contribution in [3.63, 3.8) is 0 Å². The normalized spacial score (nSPS) is 15.0. The summed E-state index contributed by atoms with van der Waals surface area (Å²) in [6.07, 6.45) is 3.48. The highest BCUT2D eigenvalue weighted by Gasteiger charge is 2.25. The maximum absolute atomic E-state index is 12.5. The number of anilines is 2. The number of likely N-dealkylation sites (tertiary alicyclic amines) is 1. The highest BCUT2D eigenvalue weighted by atomic mass is 35.5. The predicted octanol–water partition coefficient (Wildman–Crippen LogP) is 4.57. The first kappa shape index (κ1) is 21.3. The fraction of sp³-hybridized carbons (Fsp3) is 0.292. The van der Waals surface area contributed by atoms with E-state index in [0.29, 0.717) is 23.8 Å². The number of fused-ring (bicyclic) bond motifs is 1. The fourth-order valence-electron chi connectivity index (χ4n) is 3.90. The molecule has 0 bridgehead atoms. The molecule has 160 valence electrons. The standard InChI is InChI=1S/C24H25ClN4O2/c25-19-8-9-22(26-16-19)28-24(31)18-10-13-29(14-11-18)15-12-23(30)27-21-7-3-5-17-4-1-2-6-20(17)21/h1-9,16,18H,10-15H2,(H,27,30)(H,26,28,31). The molecule has 1 fully saturated rings. The molecule has 31 heavy (non-hydrogen) atoms. The van der Waals surface area contributed by atoms with Gasteiger partial charge in [-0.15, -0.1) is 0 Å². The molecule has 0 spiro atoms. The molecule has 1 aromatic heterocycles. The lowest BCUT2D eigenvalue weighted by Crippen LogP contribution is -2.39. The number of pyridine rings is 1. The van der Waals surface area contributed by atoms with E-state index in [-0.39, 0.29) is 17.7 Å². The Balaban J connectivity index is 1.22. The first-order valence-electron chi connectivity index (χ1n) is 10.5. The zero-order valence-corrected chi connectivity index (χ0v) is 17.9. The van der Waals surface area contributed by atoms with Gasteiger partial charge >= 0.3 is 0 Å². The van der Waals surface area contributed by atoms with Crippen molar-refractivity contribution in [2.24, 2.45) is 5.92 Å². The van der Waals surface area contributed by atoms with Crippen LogP contribution in [-0.4, -0.2) is 41.3 Å². The van der Waals surface area contributed by atoms with Crippen molar-refractivity contribution in [3.05, 3.63) is 65.8 Å². The van der Waals surface area contributed by atoms with E-state index in [1.807, 2.05) is 42.5 Å². The first-order chi connectivity index (χ1) is 15.1. The van der Waals surface area contributed by atoms with Gasteiger partial charge in [0.15, 0.2) is 0 Å². The Bertz CT molecular complexity index is 1060. The third-order valence-corrected chi connectivity index (χ3v) is 5.88. The van der Waals surface area contributed by atoms with Crippen LogP contribution in [0.5, 0.6) is 0 Å². The molecule has 0 unspecified atom stereocenters. The molecule has 0 atom stereocenters. The van der Waals surface area contributed by atoms with Crippen molar-refractivity contribution in [2.75, 3.05) is 30.3 Å². The van der Waals surface area contributed by atoms with E-state index in [0.717, 1.165) is 42.4 Å². The number of hydrogen-bond donors (Lipinski definition) is 2. The molecular formula is C24H25ClN4O2. The summed E-state index contributed by atoms with van der Waals surface area (Å²) in [6, 6.07) is 17.3. The fourth-order valence-corrected chi connectivity index (χ4v) is 4.02. The third kappa shape index (κ3) is 5.60. The molecule has 2 heterocycles. The van der Waals surface area contributed by atoms with Gasteiger partial charge in [-0.3, -0.25) is 9.59 Å². The highest BCUT2D eigenvalue weighted by molar-refractivity contribution is 6.30. The number of benzene rings is 2. The van der Waals surface area contributed by atoms with Crippen LogP contribution in [0.2, 0.25) is 5.02 Å². The Labute approximate surface area is 186 Å². The molecule has 7 heteroatoms. The molecule has 2 N–H and O–H groups in total. The van der Waals surface area contributed by atoms with Crippen LogP contribution in [0, 0.1) is 5.92 Å². The second kappa shape index (κ2) is 9.90. The van der Waals surface area contributed by atoms with Gasteiger partial charge in [-0.05, 0) is 49.5 Å². The summed E-state index contributed by atoms with van der Waals surface area (Å²) in [5.41, 5.74) is 0.842. The molecule has 4 rings (SSSR count). The second-order valence-electron chi connectivity index (χ2n) is 7.79. The van der Waals surface area contributed by atoms with Crippen LogP contribution in [0.15, 0.2) is 60.8 Å². The summed E-state index contributed by atoms with van der Waals surface area (Å²) < 4.78 is 0. The summed E-state index contributed by atoms with van der Waals surface area (Å²) in [5, 5.41) is 8.58. The van der Waals surface area contributed by atoms with Gasteiger partial charge in [-0.1, -0.05) is 48.0 Å². The Kier molecular flexibility index (Phi) is 6.79. The second-order valence-corrected chi connectivity index (χ2v) is 8.23. The van der Waals surface area contributed by atoms with E-state index >= 15 is 0 Å². The van der Waals surface area contributed by atoms with Crippen molar-refractivity contribution < 1.29 is 9.59 Å². The quantitative estimate of drug-likeness (QED) is 0.593. The molecular weight excluding hydrogens is 412 g/mol. The molecule has 1 aliphatic heterocycles. The number of rotatable bonds is 6. The SMILES string of the molecule is O=C(CCN1CCC(C(=O)Nc2ccc(Cl)cn2)CC1)Nc1cccc2ccccc12. The van der Waals surface area contributed by atoms with E-state index in [4.69, 9.17) is 11.6 Å². The molecule has 0 aliphatic carbocycles. The van der Waals surface area contributed by atoms with E-state index in [1.165, 1.54) is 6.20 Å². The van der Waals surface area contributed by atoms with Crippen molar-refractivity contribution in [1.29, 1.82) is 0 Å². The van der Waals surface area contributed by atoms with E-state index in [2.05, 4.69) is 20.5 Å². The molecule has 1 saturated heterocycles. The van der Waals surface area contributed by atoms with Gasteiger partial charge in [0.05, 0.1) is 5.02 Å². The molecule has 0 radical (unpaired) electrons. The van der Waals surface area contributed by atoms with Gasteiger partial charge in [-0.2, -0.15) is 0 Å². The number of nitrogens with zero attached hydrogens (tertiary/aromatic N) is 2. The number of hydrogen-bond acceptors (Lipinski definition) is 4. The minimum absolute atomic E-state index is 0.00466. The Morgan fingerprint density at radius 3 is 2.55 bits per heavy atom. The molecule has 2 amide bonds. The summed E-state index contributed by atoms with van der Waals surface area (Å²) in [5.74, 6) is 0.466. The van der Waals surface area contributed by atoms with E-state index in [9.17, 15) is 9.59 Å². The van der Waals surface area contributed by atoms with Gasteiger partial charge in [0.2, 0.25) is 11.8 Å². The van der Waals surface area contributed by atoms with Gasteiger partial charge in [0, 0.05) is 36.2 Å². The summed E-state index contributed by atoms with van der Waals surface area (Å²) in [4.78, 5) is 31.3. The lowest BCUT2D eigenvalue weighted by molar-refractivity contribution is -0.121. The maximum atomic E-state index is 12.5. The number of halogens is 1. The molecule has 0 saturated carbocycles. The minimum Gasteiger partial charge on any atom is -0.325 e. The number of carbonyl (C=O) groups excluding carboxylic acids is 2. The van der Waals surface area contributed by atoms with Crippen LogP contribution in [0.4, 0.5) is 11.5 Å². The minimum atomic E-state index is -0.0433. The lowest BCUT2D eigenvalue weighted by Gasteiger charge is -2.31. The van der Waals surface area contributed by atoms with Gasteiger partial charge in [0.1, 0.15) is 5.82 Å². The lowest BCUT2D eigenvalue weighted by atomic mass is 9.96. The summed E-state index contributed by atoms with van der Waals surface area (Å²) in [7, 11) is 0. The smallest absolute Gasteiger partial charge is 0.228 e. The monoisotopic (exact) mass is 436 g/mol. The molecule has 2 aromatic carbocycles. The van der Waals surface area contributed by atoms with Crippen molar-refractivity contribution in [3.8, 4) is 0 Å². The van der Waals surface area contributed by atoms with Crippen LogP contribution in [0.3, 0.4) is 0 Å². The summed E-state index contributed by atoms with van der Waals surface area (Å²) >= 11 is 5.83.